The molecule has 0 fully saturated rings. The maximum atomic E-state index is 4.98. The van der Waals surface area contributed by atoms with Crippen LogP contribution in [0.4, 0.5) is 0 Å². The van der Waals surface area contributed by atoms with Crippen LogP contribution in [0.15, 0.2) is 76.7 Å². The van der Waals surface area contributed by atoms with E-state index in [1.54, 1.807) is 0 Å². The lowest BCUT2D eigenvalue weighted by Gasteiger charge is -2.28. The smallest absolute Gasteiger partial charge is 0.0803 e. The molecule has 0 bridgehead atoms. The fourth-order valence-corrected chi connectivity index (χ4v) is 7.00. The number of pyridine rings is 1. The molecule has 35 heavy (non-hydrogen) atoms. The monoisotopic (exact) mass is 475 g/mol. The minimum absolute atomic E-state index is 0.193. The second-order valence-electron chi connectivity index (χ2n) is 12.5. The summed E-state index contributed by atoms with van der Waals surface area (Å²) in [6, 6.07) is 22.9. The molecule has 2 heteroatoms. The molecule has 0 saturated carbocycles. The molecule has 6 rings (SSSR count). The molecule has 1 aliphatic rings. The number of benzene rings is 4. The highest BCUT2D eigenvalue weighted by molar-refractivity contribution is 8.00. The molecule has 0 amide bonds. The molecule has 0 N–H and O–H groups in total. The van der Waals surface area contributed by atoms with Gasteiger partial charge in [-0.25, -0.2) is 0 Å². The van der Waals surface area contributed by atoms with Gasteiger partial charge in [0.15, 0.2) is 0 Å². The Bertz CT molecular complexity index is 1630. The zero-order chi connectivity index (χ0) is 24.5. The number of rotatable bonds is 2. The fourth-order valence-electron chi connectivity index (χ4n) is 5.61. The van der Waals surface area contributed by atoms with Crippen molar-refractivity contribution in [3.05, 3.63) is 78.0 Å². The average Bonchev–Trinajstić information content (AvgIpc) is 2.77. The molecule has 0 atom stereocenters. The molecule has 2 heterocycles. The van der Waals surface area contributed by atoms with Crippen LogP contribution in [0, 0.1) is 10.8 Å². The van der Waals surface area contributed by atoms with E-state index in [0.29, 0.717) is 0 Å². The third-order valence-corrected chi connectivity index (χ3v) is 8.19. The molecule has 4 aromatic carbocycles. The van der Waals surface area contributed by atoms with Crippen molar-refractivity contribution in [2.45, 2.75) is 64.2 Å². The summed E-state index contributed by atoms with van der Waals surface area (Å²) >= 11 is 1.97. The van der Waals surface area contributed by atoms with E-state index in [1.165, 1.54) is 58.8 Å². The minimum Gasteiger partial charge on any atom is -0.256 e. The molecule has 0 spiro atoms. The van der Waals surface area contributed by atoms with Crippen molar-refractivity contribution in [2.24, 2.45) is 10.8 Å². The van der Waals surface area contributed by atoms with Crippen molar-refractivity contribution >= 4 is 44.1 Å². The van der Waals surface area contributed by atoms with Gasteiger partial charge in [-0.1, -0.05) is 95.8 Å². The van der Waals surface area contributed by atoms with Gasteiger partial charge in [0.1, 0.15) is 0 Å². The van der Waals surface area contributed by atoms with E-state index in [0.717, 1.165) is 18.5 Å². The van der Waals surface area contributed by atoms with Crippen molar-refractivity contribution in [1.82, 2.24) is 4.98 Å². The number of fused-ring (bicyclic) bond motifs is 5. The maximum absolute atomic E-state index is 4.98. The highest BCUT2D eigenvalue weighted by Gasteiger charge is 2.28. The van der Waals surface area contributed by atoms with Gasteiger partial charge >= 0.3 is 0 Å². The third-order valence-electron chi connectivity index (χ3n) is 6.89. The molecule has 0 aliphatic carbocycles. The Morgan fingerprint density at radius 3 is 2.23 bits per heavy atom. The molecule has 0 saturated heterocycles. The standard InChI is InChI=1S/C33H33NS/c1-32(2,3)18-20-11-12-25-23(15-20)16-22-13-14-34-29-26-17-21-9-7-8-10-24(21)27(19-33(4,5)6)30(26)35-31(25)28(22)29/h7-17H,18-19H2,1-6H3. The highest BCUT2D eigenvalue weighted by Crippen LogP contribution is 2.53. The second kappa shape index (κ2) is 7.83. The molecule has 0 unspecified atom stereocenters. The van der Waals surface area contributed by atoms with Gasteiger partial charge in [0.2, 0.25) is 0 Å². The van der Waals surface area contributed by atoms with Gasteiger partial charge in [-0.3, -0.25) is 4.98 Å². The van der Waals surface area contributed by atoms with Crippen molar-refractivity contribution in [1.29, 1.82) is 0 Å². The van der Waals surface area contributed by atoms with E-state index < -0.39 is 0 Å². The number of hydrogen-bond donors (Lipinski definition) is 0. The predicted octanol–water partition coefficient (Wildman–Crippen LogP) is 9.85. The van der Waals surface area contributed by atoms with Crippen LogP contribution in [-0.2, 0) is 12.8 Å². The molecule has 1 nitrogen and oxygen atoms in total. The van der Waals surface area contributed by atoms with Gasteiger partial charge in [-0.15, -0.1) is 0 Å². The summed E-state index contributed by atoms with van der Waals surface area (Å²) in [5, 5.41) is 7.94. The first-order valence-electron chi connectivity index (χ1n) is 12.6. The molecular formula is C33H33NS. The van der Waals surface area contributed by atoms with E-state index in [9.17, 15) is 0 Å². The molecule has 176 valence electrons. The number of aromatic nitrogens is 1. The Balaban J connectivity index is 1.66. The topological polar surface area (TPSA) is 12.9 Å². The largest absolute Gasteiger partial charge is 0.256 e. The lowest BCUT2D eigenvalue weighted by atomic mass is 9.84. The Labute approximate surface area is 213 Å². The van der Waals surface area contributed by atoms with Gasteiger partial charge in [0, 0.05) is 26.9 Å². The third kappa shape index (κ3) is 4.02. The Kier molecular flexibility index (Phi) is 5.06. The fraction of sp³-hybridized carbons (Fsp3) is 0.303. The van der Waals surface area contributed by atoms with E-state index in [-0.39, 0.29) is 10.8 Å². The van der Waals surface area contributed by atoms with Crippen LogP contribution in [0.1, 0.15) is 52.7 Å². The van der Waals surface area contributed by atoms with Gasteiger partial charge < -0.3 is 0 Å². The van der Waals surface area contributed by atoms with E-state index in [1.807, 2.05) is 18.0 Å². The molecule has 0 radical (unpaired) electrons. The van der Waals surface area contributed by atoms with Gasteiger partial charge in [0.25, 0.3) is 0 Å². The Morgan fingerprint density at radius 2 is 1.46 bits per heavy atom. The van der Waals surface area contributed by atoms with E-state index >= 15 is 0 Å². The Hall–Kier alpha value is -2.84. The van der Waals surface area contributed by atoms with E-state index in [4.69, 9.17) is 4.98 Å². The first kappa shape index (κ1) is 22.6. The van der Waals surface area contributed by atoms with E-state index in [2.05, 4.69) is 102 Å². The second-order valence-corrected chi connectivity index (χ2v) is 13.6. The molecular weight excluding hydrogens is 442 g/mol. The van der Waals surface area contributed by atoms with Gasteiger partial charge in [0.05, 0.1) is 5.69 Å². The number of nitrogens with zero attached hydrogens (tertiary/aromatic N) is 1. The van der Waals surface area contributed by atoms with Crippen molar-refractivity contribution in [3.63, 3.8) is 0 Å². The molecule has 1 aromatic heterocycles. The van der Waals surface area contributed by atoms with Crippen LogP contribution in [0.3, 0.4) is 0 Å². The summed E-state index contributed by atoms with van der Waals surface area (Å²) in [6.45, 7) is 14.0. The first-order valence-corrected chi connectivity index (χ1v) is 13.5. The lowest BCUT2D eigenvalue weighted by Crippen LogP contribution is -2.12. The zero-order valence-electron chi connectivity index (χ0n) is 21.6. The normalized spacial score (nSPS) is 13.5. The lowest BCUT2D eigenvalue weighted by molar-refractivity contribution is 0.410. The van der Waals surface area contributed by atoms with Crippen LogP contribution < -0.4 is 0 Å². The first-order chi connectivity index (χ1) is 16.6. The average molecular weight is 476 g/mol. The van der Waals surface area contributed by atoms with Crippen LogP contribution >= 0.6 is 11.8 Å². The van der Waals surface area contributed by atoms with Crippen molar-refractivity contribution < 1.29 is 0 Å². The maximum Gasteiger partial charge on any atom is 0.0803 e. The van der Waals surface area contributed by atoms with Gasteiger partial charge in [-0.2, -0.15) is 0 Å². The van der Waals surface area contributed by atoms with Crippen LogP contribution in [0.25, 0.3) is 43.6 Å². The summed E-state index contributed by atoms with van der Waals surface area (Å²) in [5.74, 6) is 0. The number of hydrogen-bond acceptors (Lipinski definition) is 2. The van der Waals surface area contributed by atoms with Crippen LogP contribution in [0.5, 0.6) is 0 Å². The predicted molar refractivity (Wildman–Crippen MR) is 153 cm³/mol. The van der Waals surface area contributed by atoms with Crippen LogP contribution in [-0.4, -0.2) is 4.98 Å². The van der Waals surface area contributed by atoms with Gasteiger partial charge in [-0.05, 0) is 79.9 Å². The van der Waals surface area contributed by atoms with Crippen molar-refractivity contribution in [3.8, 4) is 11.3 Å². The summed E-state index contributed by atoms with van der Waals surface area (Å²) < 4.78 is 0. The minimum atomic E-state index is 0.193. The quantitative estimate of drug-likeness (QED) is 0.231. The highest BCUT2D eigenvalue weighted by atomic mass is 32.2. The summed E-state index contributed by atoms with van der Waals surface area (Å²) in [5.41, 5.74) is 5.75. The Morgan fingerprint density at radius 1 is 0.686 bits per heavy atom. The summed E-state index contributed by atoms with van der Waals surface area (Å²) in [7, 11) is 0. The SMILES string of the molecule is CC(C)(C)Cc1ccc2c3c4c(nccc4cc2c1)-c1cc2ccccc2c(CC(C)(C)C)c1S3. The zero-order valence-corrected chi connectivity index (χ0v) is 22.4. The summed E-state index contributed by atoms with van der Waals surface area (Å²) in [6.07, 6.45) is 4.11. The van der Waals surface area contributed by atoms with Crippen molar-refractivity contribution in [2.75, 3.05) is 0 Å². The van der Waals surface area contributed by atoms with Crippen LogP contribution in [0.2, 0.25) is 0 Å². The summed E-state index contributed by atoms with van der Waals surface area (Å²) in [4.78, 5) is 7.73. The molecule has 1 aliphatic heterocycles. The molecule has 5 aromatic rings.